The quantitative estimate of drug-likeness (QED) is 0.298. The fourth-order valence-corrected chi connectivity index (χ4v) is 2.69. The summed E-state index contributed by atoms with van der Waals surface area (Å²) in [6.45, 7) is 6.07. The molecule has 0 heterocycles. The first-order valence-electron chi connectivity index (χ1n) is 7.46. The first-order valence-corrected chi connectivity index (χ1v) is 7.46. The lowest BCUT2D eigenvalue weighted by Gasteiger charge is -2.28. The molecule has 23 heavy (non-hydrogen) atoms. The molecule has 0 aromatic heterocycles. The van der Waals surface area contributed by atoms with Crippen molar-refractivity contribution in [3.63, 3.8) is 0 Å². The summed E-state index contributed by atoms with van der Waals surface area (Å²) in [4.78, 5) is 27.0. The number of anilines is 1. The smallest absolute Gasteiger partial charge is 0.168 e. The van der Waals surface area contributed by atoms with Crippen LogP contribution in [0, 0.1) is 12.3 Å². The molecule has 0 unspecified atom stereocenters. The Hall–Kier alpha value is -2.59. The highest BCUT2D eigenvalue weighted by Gasteiger charge is 2.35. The number of hydrogen-bond acceptors (Lipinski definition) is 4. The number of ketones is 2. The molecule has 0 radical (unpaired) electrons. The molecule has 1 aromatic rings. The number of rotatable bonds is 4. The van der Waals surface area contributed by atoms with Gasteiger partial charge in [-0.15, -0.1) is 0 Å². The third-order valence-electron chi connectivity index (χ3n) is 3.86. The zero-order valence-corrected chi connectivity index (χ0v) is 13.6. The maximum Gasteiger partial charge on any atom is 0.168 e. The van der Waals surface area contributed by atoms with Crippen LogP contribution >= 0.6 is 0 Å². The molecule has 1 N–H and O–H groups in total. The standard InChI is InChI=1S/C17H20N4O2/c1-11-6-12(9-20-21-18)4-5-14(11)19-10-13-15(22)7-17(2,3)8-16(13)23/h4-6,10,19H,7-9H2,1-3H3. The predicted molar refractivity (Wildman–Crippen MR) is 88.8 cm³/mol. The van der Waals surface area contributed by atoms with Gasteiger partial charge in [0.25, 0.3) is 0 Å². The molecule has 1 aromatic carbocycles. The van der Waals surface area contributed by atoms with Gasteiger partial charge >= 0.3 is 0 Å². The molecule has 1 aliphatic rings. The second-order valence-electron chi connectivity index (χ2n) is 6.60. The van der Waals surface area contributed by atoms with Crippen LogP contribution in [0.3, 0.4) is 0 Å². The monoisotopic (exact) mass is 312 g/mol. The summed E-state index contributed by atoms with van der Waals surface area (Å²) in [5, 5.41) is 6.57. The van der Waals surface area contributed by atoms with Gasteiger partial charge in [0.05, 0.1) is 12.1 Å². The molecule has 2 rings (SSSR count). The molecule has 6 heteroatoms. The van der Waals surface area contributed by atoms with Crippen molar-refractivity contribution in [2.45, 2.75) is 40.2 Å². The normalized spacial score (nSPS) is 16.7. The molecule has 1 fully saturated rings. The Balaban J connectivity index is 2.15. The average molecular weight is 312 g/mol. The SMILES string of the molecule is Cc1cc(CN=[N+]=[N-])ccc1NC=C1C(=O)CC(C)(C)CC1=O. The topological polar surface area (TPSA) is 94.9 Å². The third-order valence-corrected chi connectivity index (χ3v) is 3.86. The van der Waals surface area contributed by atoms with Crippen molar-refractivity contribution < 1.29 is 9.59 Å². The number of azide groups is 1. The number of carbonyl (C=O) groups is 2. The van der Waals surface area contributed by atoms with Crippen LogP contribution in [0.4, 0.5) is 5.69 Å². The van der Waals surface area contributed by atoms with E-state index < -0.39 is 0 Å². The molecule has 0 bridgehead atoms. The Morgan fingerprint density at radius 2 is 1.96 bits per heavy atom. The largest absolute Gasteiger partial charge is 0.361 e. The van der Waals surface area contributed by atoms with E-state index in [1.165, 1.54) is 6.20 Å². The van der Waals surface area contributed by atoms with E-state index in [-0.39, 0.29) is 22.6 Å². The zero-order valence-electron chi connectivity index (χ0n) is 13.6. The number of benzene rings is 1. The summed E-state index contributed by atoms with van der Waals surface area (Å²) >= 11 is 0. The number of hydrogen-bond donors (Lipinski definition) is 1. The van der Waals surface area contributed by atoms with E-state index in [1.807, 2.05) is 39.0 Å². The summed E-state index contributed by atoms with van der Waals surface area (Å²) in [5.74, 6) is -0.229. The number of nitrogens with one attached hydrogen (secondary N) is 1. The Morgan fingerprint density at radius 1 is 1.30 bits per heavy atom. The van der Waals surface area contributed by atoms with Crippen LogP contribution in [0.5, 0.6) is 0 Å². The van der Waals surface area contributed by atoms with Gasteiger partial charge in [-0.2, -0.15) is 0 Å². The van der Waals surface area contributed by atoms with Crippen molar-refractivity contribution in [2.24, 2.45) is 10.5 Å². The average Bonchev–Trinajstić information content (AvgIpc) is 2.44. The lowest BCUT2D eigenvalue weighted by Crippen LogP contribution is -2.31. The zero-order chi connectivity index (χ0) is 17.0. The van der Waals surface area contributed by atoms with Gasteiger partial charge < -0.3 is 5.32 Å². The lowest BCUT2D eigenvalue weighted by atomic mass is 9.74. The van der Waals surface area contributed by atoms with E-state index in [2.05, 4.69) is 15.3 Å². The number of carbonyl (C=O) groups excluding carboxylic acids is 2. The van der Waals surface area contributed by atoms with Crippen LogP contribution in [0.2, 0.25) is 0 Å². The van der Waals surface area contributed by atoms with Crippen LogP contribution in [0.1, 0.15) is 37.8 Å². The minimum atomic E-state index is -0.260. The summed E-state index contributed by atoms with van der Waals surface area (Å²) in [6, 6.07) is 5.59. The highest BCUT2D eigenvalue weighted by Crippen LogP contribution is 2.33. The van der Waals surface area contributed by atoms with Gasteiger partial charge in [-0.05, 0) is 35.1 Å². The molecular formula is C17H20N4O2. The van der Waals surface area contributed by atoms with E-state index in [1.54, 1.807) is 0 Å². The first kappa shape index (κ1) is 16.8. The Kier molecular flexibility index (Phi) is 4.86. The number of allylic oxidation sites excluding steroid dienone is 1. The van der Waals surface area contributed by atoms with Gasteiger partial charge in [-0.1, -0.05) is 31.1 Å². The highest BCUT2D eigenvalue weighted by molar-refractivity contribution is 6.22. The first-order chi connectivity index (χ1) is 10.8. The highest BCUT2D eigenvalue weighted by atomic mass is 16.1. The van der Waals surface area contributed by atoms with Crippen molar-refractivity contribution in [3.8, 4) is 0 Å². The summed E-state index contributed by atoms with van der Waals surface area (Å²) < 4.78 is 0. The van der Waals surface area contributed by atoms with E-state index in [9.17, 15) is 9.59 Å². The number of aryl methyl sites for hydroxylation is 1. The second-order valence-corrected chi connectivity index (χ2v) is 6.60. The van der Waals surface area contributed by atoms with E-state index >= 15 is 0 Å². The Bertz CT molecular complexity index is 706. The molecule has 120 valence electrons. The van der Waals surface area contributed by atoms with Crippen LogP contribution in [0.15, 0.2) is 35.1 Å². The lowest BCUT2D eigenvalue weighted by molar-refractivity contribution is -0.127. The Morgan fingerprint density at radius 3 is 2.52 bits per heavy atom. The van der Waals surface area contributed by atoms with Crippen molar-refractivity contribution in [2.75, 3.05) is 5.32 Å². The van der Waals surface area contributed by atoms with Crippen LogP contribution < -0.4 is 5.32 Å². The van der Waals surface area contributed by atoms with Crippen molar-refractivity contribution in [1.29, 1.82) is 0 Å². The van der Waals surface area contributed by atoms with Crippen LogP contribution in [-0.2, 0) is 16.1 Å². The van der Waals surface area contributed by atoms with Crippen molar-refractivity contribution in [1.82, 2.24) is 0 Å². The number of Topliss-reactive ketones (excluding diaryl/α,β-unsaturated/α-hetero) is 2. The maximum atomic E-state index is 12.1. The van der Waals surface area contributed by atoms with Gasteiger partial charge in [0.15, 0.2) is 11.6 Å². The molecule has 1 aliphatic carbocycles. The molecule has 0 aliphatic heterocycles. The van der Waals surface area contributed by atoms with Crippen LogP contribution in [0.25, 0.3) is 10.4 Å². The fourth-order valence-electron chi connectivity index (χ4n) is 2.69. The molecular weight excluding hydrogens is 292 g/mol. The van der Waals surface area contributed by atoms with Crippen LogP contribution in [-0.4, -0.2) is 11.6 Å². The summed E-state index contributed by atoms with van der Waals surface area (Å²) in [6.07, 6.45) is 2.28. The van der Waals surface area contributed by atoms with Gasteiger partial charge in [0, 0.05) is 29.6 Å². The maximum absolute atomic E-state index is 12.1. The van der Waals surface area contributed by atoms with Gasteiger partial charge in [0.1, 0.15) is 0 Å². The molecule has 0 spiro atoms. The second kappa shape index (κ2) is 6.67. The third kappa shape index (κ3) is 4.20. The van der Waals surface area contributed by atoms with Gasteiger partial charge in [-0.25, -0.2) is 0 Å². The minimum Gasteiger partial charge on any atom is -0.361 e. The fraction of sp³-hybridized carbons (Fsp3) is 0.412. The molecule has 0 saturated heterocycles. The number of nitrogens with zero attached hydrogens (tertiary/aromatic N) is 3. The van der Waals surface area contributed by atoms with Crippen molar-refractivity contribution >= 4 is 17.3 Å². The summed E-state index contributed by atoms with van der Waals surface area (Å²) in [7, 11) is 0. The van der Waals surface area contributed by atoms with Crippen molar-refractivity contribution in [3.05, 3.63) is 51.5 Å². The van der Waals surface area contributed by atoms with Gasteiger partial charge in [0.2, 0.25) is 0 Å². The van der Waals surface area contributed by atoms with E-state index in [0.29, 0.717) is 19.4 Å². The molecule has 6 nitrogen and oxygen atoms in total. The van der Waals surface area contributed by atoms with Gasteiger partial charge in [-0.3, -0.25) is 9.59 Å². The molecule has 0 atom stereocenters. The summed E-state index contributed by atoms with van der Waals surface area (Å²) in [5.41, 5.74) is 11.0. The molecule has 1 saturated carbocycles. The predicted octanol–water partition coefficient (Wildman–Crippen LogP) is 4.06. The molecule has 0 amide bonds. The Labute approximate surface area is 135 Å². The minimum absolute atomic E-state index is 0.114. The van der Waals surface area contributed by atoms with E-state index in [0.717, 1.165) is 16.8 Å². The van der Waals surface area contributed by atoms with E-state index in [4.69, 9.17) is 5.53 Å².